The van der Waals surface area contributed by atoms with Gasteiger partial charge in [0.2, 0.25) is 0 Å². The van der Waals surface area contributed by atoms with Gasteiger partial charge in [0.25, 0.3) is 0 Å². The van der Waals surface area contributed by atoms with Gasteiger partial charge in [-0.05, 0) is 104 Å². The molecule has 0 N–H and O–H groups in total. The molecule has 6 aromatic carbocycles. The van der Waals surface area contributed by atoms with Gasteiger partial charge in [-0.2, -0.15) is 0 Å². The molecule has 0 saturated carbocycles. The zero-order valence-electron chi connectivity index (χ0n) is 27.1. The average Bonchev–Trinajstić information content (AvgIpc) is 3.15. The van der Waals surface area contributed by atoms with Gasteiger partial charge in [0.05, 0.1) is 0 Å². The number of hydrogen-bond acceptors (Lipinski definition) is 2. The van der Waals surface area contributed by atoms with E-state index >= 15 is 0 Å². The van der Waals surface area contributed by atoms with Crippen molar-refractivity contribution in [1.29, 1.82) is 0 Å². The van der Waals surface area contributed by atoms with Crippen LogP contribution in [-0.4, -0.2) is 9.97 Å². The minimum atomic E-state index is 1.12. The van der Waals surface area contributed by atoms with Crippen molar-refractivity contribution >= 4 is 10.8 Å². The van der Waals surface area contributed by atoms with Crippen LogP contribution in [-0.2, 0) is 0 Å². The van der Waals surface area contributed by atoms with Crippen molar-refractivity contribution in [3.8, 4) is 66.8 Å². The molecule has 0 aliphatic carbocycles. The summed E-state index contributed by atoms with van der Waals surface area (Å²) in [5.41, 5.74) is 16.5. The van der Waals surface area contributed by atoms with Crippen LogP contribution in [0.2, 0.25) is 0 Å². The van der Waals surface area contributed by atoms with Crippen LogP contribution in [0.5, 0.6) is 0 Å². The van der Waals surface area contributed by atoms with Gasteiger partial charge < -0.3 is 0 Å². The maximum atomic E-state index is 4.44. The summed E-state index contributed by atoms with van der Waals surface area (Å²) in [4.78, 5) is 8.89. The van der Waals surface area contributed by atoms with E-state index in [9.17, 15) is 0 Å². The van der Waals surface area contributed by atoms with Gasteiger partial charge >= 0.3 is 0 Å². The fraction of sp³-hybridized carbons (Fsp3) is 0.0435. The molecule has 0 aliphatic rings. The summed E-state index contributed by atoms with van der Waals surface area (Å²) in [6.07, 6.45) is 7.68. The Kier molecular flexibility index (Phi) is 7.68. The lowest BCUT2D eigenvalue weighted by Crippen LogP contribution is -1.97. The molecule has 0 atom stereocenters. The van der Waals surface area contributed by atoms with Gasteiger partial charge in [-0.15, -0.1) is 0 Å². The maximum absolute atomic E-state index is 4.44. The molecule has 2 heterocycles. The van der Waals surface area contributed by atoms with Gasteiger partial charge in [0.15, 0.2) is 0 Å². The molecule has 48 heavy (non-hydrogen) atoms. The number of nitrogens with zero attached hydrogens (tertiary/aromatic N) is 2. The van der Waals surface area contributed by atoms with Gasteiger partial charge in [-0.25, -0.2) is 0 Å². The molecule has 8 rings (SSSR count). The molecule has 0 unspecified atom stereocenters. The van der Waals surface area contributed by atoms with Crippen LogP contribution in [0.1, 0.15) is 11.1 Å². The fourth-order valence-corrected chi connectivity index (χ4v) is 6.91. The molecule has 228 valence electrons. The third kappa shape index (κ3) is 5.48. The number of hydrogen-bond donors (Lipinski definition) is 0. The molecule has 2 nitrogen and oxygen atoms in total. The third-order valence-electron chi connectivity index (χ3n) is 9.10. The van der Waals surface area contributed by atoms with E-state index in [4.69, 9.17) is 0 Å². The minimum absolute atomic E-state index is 1.12. The Hall–Kier alpha value is -6.12. The Morgan fingerprint density at radius 2 is 0.625 bits per heavy atom. The Bertz CT molecular complexity index is 2200. The number of fused-ring (bicyclic) bond motifs is 1. The monoisotopic (exact) mass is 614 g/mol. The van der Waals surface area contributed by atoms with Gasteiger partial charge in [-0.1, -0.05) is 133 Å². The molecule has 0 amide bonds. The maximum Gasteiger partial charge on any atom is 0.0346 e. The molecule has 0 bridgehead atoms. The van der Waals surface area contributed by atoms with Crippen LogP contribution in [0.3, 0.4) is 0 Å². The van der Waals surface area contributed by atoms with E-state index in [0.717, 1.165) is 33.4 Å². The predicted octanol–water partition coefficient (Wildman–Crippen LogP) is 12.2. The highest BCUT2D eigenvalue weighted by Gasteiger charge is 2.24. The van der Waals surface area contributed by atoms with E-state index in [1.54, 1.807) is 0 Å². The molecule has 0 aliphatic heterocycles. The van der Waals surface area contributed by atoms with E-state index in [1.807, 2.05) is 24.8 Å². The third-order valence-corrected chi connectivity index (χ3v) is 9.10. The van der Waals surface area contributed by atoms with Crippen molar-refractivity contribution in [3.63, 3.8) is 0 Å². The van der Waals surface area contributed by atoms with E-state index in [-0.39, 0.29) is 0 Å². The van der Waals surface area contributed by atoms with Crippen LogP contribution in [0.4, 0.5) is 0 Å². The first-order valence-electron chi connectivity index (χ1n) is 16.4. The quantitative estimate of drug-likeness (QED) is 0.186. The number of pyridine rings is 2. The molecule has 2 heteroatoms. The first-order valence-corrected chi connectivity index (χ1v) is 16.4. The molecule has 0 spiro atoms. The van der Waals surface area contributed by atoms with E-state index in [0.29, 0.717) is 0 Å². The SMILES string of the molecule is Cc1cncc(-c2ccc(-c3c(-c4ccccc4)c(-c4ccccc4)c(-c4ccc(-c5cncc(C)c5)cc4)c4ccccc34)cc2)c1. The normalized spacial score (nSPS) is 11.1. The van der Waals surface area contributed by atoms with Crippen molar-refractivity contribution in [1.82, 2.24) is 9.97 Å². The Balaban J connectivity index is 1.43. The second-order valence-electron chi connectivity index (χ2n) is 12.4. The zero-order chi connectivity index (χ0) is 32.5. The lowest BCUT2D eigenvalue weighted by atomic mass is 9.78. The summed E-state index contributed by atoms with van der Waals surface area (Å²) in [5.74, 6) is 0. The number of rotatable bonds is 6. The highest BCUT2D eigenvalue weighted by atomic mass is 14.6. The molecule has 0 radical (unpaired) electrons. The molecular weight excluding hydrogens is 581 g/mol. The Morgan fingerprint density at radius 1 is 0.292 bits per heavy atom. The van der Waals surface area contributed by atoms with Gasteiger partial charge in [-0.3, -0.25) is 9.97 Å². The largest absolute Gasteiger partial charge is 0.264 e. The number of aromatic nitrogens is 2. The molecular formula is C46H34N2. The topological polar surface area (TPSA) is 25.8 Å². The summed E-state index contributed by atoms with van der Waals surface area (Å²) in [7, 11) is 0. The standard InChI is InChI=1S/C46H34N2/c1-31-25-39(29-47-27-31)33-17-21-37(22-18-33)43-41-15-9-10-16-42(41)44(38-23-19-34(20-24-38)40-26-32(2)28-48-30-40)46(36-13-7-4-8-14-36)45(43)35-11-5-3-6-12-35/h3-30H,1-2H3. The van der Waals surface area contributed by atoms with E-state index < -0.39 is 0 Å². The fourth-order valence-electron chi connectivity index (χ4n) is 6.91. The Morgan fingerprint density at radius 3 is 1.00 bits per heavy atom. The van der Waals surface area contributed by atoms with E-state index in [2.05, 4.69) is 169 Å². The summed E-state index contributed by atoms with van der Waals surface area (Å²) >= 11 is 0. The van der Waals surface area contributed by atoms with Crippen molar-refractivity contribution in [2.75, 3.05) is 0 Å². The van der Waals surface area contributed by atoms with Gasteiger partial charge in [0, 0.05) is 35.9 Å². The second kappa shape index (κ2) is 12.6. The van der Waals surface area contributed by atoms with Crippen molar-refractivity contribution in [2.45, 2.75) is 13.8 Å². The van der Waals surface area contributed by atoms with Crippen molar-refractivity contribution in [3.05, 3.63) is 182 Å². The molecule has 0 saturated heterocycles. The number of benzene rings is 6. The second-order valence-corrected chi connectivity index (χ2v) is 12.4. The highest BCUT2D eigenvalue weighted by molar-refractivity contribution is 6.18. The van der Waals surface area contributed by atoms with Crippen molar-refractivity contribution < 1.29 is 0 Å². The van der Waals surface area contributed by atoms with E-state index in [1.165, 1.54) is 55.3 Å². The summed E-state index contributed by atoms with van der Waals surface area (Å²) in [6.45, 7) is 4.17. The Labute approximate surface area is 282 Å². The summed E-state index contributed by atoms with van der Waals surface area (Å²) < 4.78 is 0. The van der Waals surface area contributed by atoms with Crippen molar-refractivity contribution in [2.24, 2.45) is 0 Å². The summed E-state index contributed by atoms with van der Waals surface area (Å²) in [5, 5.41) is 2.45. The van der Waals surface area contributed by atoms with Crippen LogP contribution in [0.15, 0.2) is 170 Å². The highest BCUT2D eigenvalue weighted by Crippen LogP contribution is 2.51. The van der Waals surface area contributed by atoms with Crippen LogP contribution in [0, 0.1) is 13.8 Å². The van der Waals surface area contributed by atoms with Gasteiger partial charge in [0.1, 0.15) is 0 Å². The van der Waals surface area contributed by atoms with Crippen LogP contribution in [0.25, 0.3) is 77.5 Å². The lowest BCUT2D eigenvalue weighted by molar-refractivity contribution is 1.27. The smallest absolute Gasteiger partial charge is 0.0346 e. The molecule has 8 aromatic rings. The average molecular weight is 615 g/mol. The number of aryl methyl sites for hydroxylation is 2. The predicted molar refractivity (Wildman–Crippen MR) is 202 cm³/mol. The van der Waals surface area contributed by atoms with Crippen LogP contribution < -0.4 is 0 Å². The van der Waals surface area contributed by atoms with Crippen LogP contribution >= 0.6 is 0 Å². The first kappa shape index (κ1) is 29.3. The molecule has 0 fully saturated rings. The first-order chi connectivity index (χ1) is 23.6. The minimum Gasteiger partial charge on any atom is -0.264 e. The zero-order valence-corrected chi connectivity index (χ0v) is 27.1. The lowest BCUT2D eigenvalue weighted by Gasteiger charge is -2.24. The molecule has 2 aromatic heterocycles. The summed E-state index contributed by atoms with van der Waals surface area (Å²) in [6, 6.07) is 52.9.